The van der Waals surface area contributed by atoms with Crippen LogP contribution in [0, 0.1) is 5.82 Å². The molecule has 1 heterocycles. The Hall–Kier alpha value is -1.07. The first-order valence-corrected chi connectivity index (χ1v) is 8.11. The number of thioether (sulfide) groups is 1. The molecular weight excluding hydrogens is 275 g/mol. The molecule has 1 fully saturated rings. The molecule has 110 valence electrons. The first kappa shape index (κ1) is 15.3. The van der Waals surface area contributed by atoms with Crippen LogP contribution in [-0.4, -0.2) is 36.2 Å². The lowest BCUT2D eigenvalue weighted by molar-refractivity contribution is -0.627. The molecule has 0 radical (unpaired) electrons. The average Bonchev–Trinajstić information content (AvgIpc) is 2.77. The van der Waals surface area contributed by atoms with E-state index in [2.05, 4.69) is 5.32 Å². The molecule has 0 aliphatic carbocycles. The summed E-state index contributed by atoms with van der Waals surface area (Å²) in [5.41, 5.74) is 1.01. The quantitative estimate of drug-likeness (QED) is 0.812. The minimum atomic E-state index is -0.234. The second-order valence-corrected chi connectivity index (χ2v) is 6.31. The zero-order chi connectivity index (χ0) is 14.5. The van der Waals surface area contributed by atoms with Crippen molar-refractivity contribution in [3.63, 3.8) is 0 Å². The Morgan fingerprint density at radius 2 is 2.05 bits per heavy atom. The number of carbonyl (C=O) groups is 1. The number of amides is 1. The van der Waals surface area contributed by atoms with Gasteiger partial charge in [-0.3, -0.25) is 4.79 Å². The number of nitrogens with two attached hydrogens (primary N) is 1. The number of rotatable bonds is 6. The van der Waals surface area contributed by atoms with Gasteiger partial charge in [-0.2, -0.15) is 0 Å². The summed E-state index contributed by atoms with van der Waals surface area (Å²) in [5, 5.41) is 2.19. The van der Waals surface area contributed by atoms with Crippen molar-refractivity contribution in [2.75, 3.05) is 20.1 Å². The summed E-state index contributed by atoms with van der Waals surface area (Å²) in [6.45, 7) is 3.83. The van der Waals surface area contributed by atoms with E-state index in [1.165, 1.54) is 12.1 Å². The lowest BCUT2D eigenvalue weighted by Gasteiger charge is -2.23. The number of nitrogens with zero attached hydrogens (tertiary/aromatic N) is 1. The molecule has 1 aromatic rings. The normalized spacial score (nSPS) is 22.6. The van der Waals surface area contributed by atoms with Crippen LogP contribution in [0.1, 0.15) is 30.7 Å². The van der Waals surface area contributed by atoms with Crippen LogP contribution in [0.5, 0.6) is 0 Å². The molecule has 3 nitrogen and oxygen atoms in total. The summed E-state index contributed by atoms with van der Waals surface area (Å²) < 4.78 is 13.0. The summed E-state index contributed by atoms with van der Waals surface area (Å²) in [6, 6.07) is 6.52. The van der Waals surface area contributed by atoms with E-state index in [9.17, 15) is 9.18 Å². The largest absolute Gasteiger partial charge is 0.349 e. The Labute approximate surface area is 123 Å². The predicted molar refractivity (Wildman–Crippen MR) is 79.9 cm³/mol. The third-order valence-electron chi connectivity index (χ3n) is 3.55. The van der Waals surface area contributed by atoms with Crippen molar-refractivity contribution in [3.8, 4) is 0 Å². The van der Waals surface area contributed by atoms with E-state index in [1.54, 1.807) is 23.9 Å². The predicted octanol–water partition coefficient (Wildman–Crippen LogP) is 1.76. The lowest BCUT2D eigenvalue weighted by Crippen LogP contribution is -2.79. The van der Waals surface area contributed by atoms with Gasteiger partial charge in [0.2, 0.25) is 5.91 Å². The molecule has 1 amide bonds. The molecule has 5 heteroatoms. The van der Waals surface area contributed by atoms with Crippen molar-refractivity contribution >= 4 is 17.7 Å². The van der Waals surface area contributed by atoms with Gasteiger partial charge in [-0.25, -0.2) is 4.39 Å². The Balaban J connectivity index is 2.15. The zero-order valence-electron chi connectivity index (χ0n) is 12.0. The minimum absolute atomic E-state index is 0.0323. The van der Waals surface area contributed by atoms with Crippen molar-refractivity contribution in [3.05, 3.63) is 35.6 Å². The highest BCUT2D eigenvalue weighted by molar-refractivity contribution is 8.01. The standard InChI is InChI=1S/C15H21FN2OS/c1-3-13-14(19)18(10-4-9-17-2)15(20-13)11-5-7-12(16)8-6-11/h5-8,13,15,17H,3-4,9-10H2,1-2H3/p+1/t13-,15-/m0/s1. The fourth-order valence-corrected chi connectivity index (χ4v) is 3.86. The van der Waals surface area contributed by atoms with Gasteiger partial charge in [0.1, 0.15) is 11.2 Å². The van der Waals surface area contributed by atoms with Crippen molar-refractivity contribution in [2.45, 2.75) is 30.4 Å². The van der Waals surface area contributed by atoms with E-state index in [0.29, 0.717) is 0 Å². The van der Waals surface area contributed by atoms with Crippen LogP contribution in [0.3, 0.4) is 0 Å². The molecule has 2 rings (SSSR count). The van der Waals surface area contributed by atoms with E-state index in [1.807, 2.05) is 18.9 Å². The van der Waals surface area contributed by atoms with Gasteiger partial charge in [0.15, 0.2) is 0 Å². The molecule has 2 atom stereocenters. The Morgan fingerprint density at radius 1 is 1.35 bits per heavy atom. The first-order valence-electron chi connectivity index (χ1n) is 7.16. The second kappa shape index (κ2) is 7.09. The summed E-state index contributed by atoms with van der Waals surface area (Å²) in [4.78, 5) is 14.4. The van der Waals surface area contributed by atoms with Gasteiger partial charge < -0.3 is 10.2 Å². The van der Waals surface area contributed by atoms with Crippen LogP contribution in [0.15, 0.2) is 24.3 Å². The maximum absolute atomic E-state index is 13.0. The van der Waals surface area contributed by atoms with E-state index in [0.717, 1.165) is 31.5 Å². The van der Waals surface area contributed by atoms with E-state index >= 15 is 0 Å². The number of quaternary nitrogens is 1. The molecule has 1 aromatic carbocycles. The third kappa shape index (κ3) is 3.33. The van der Waals surface area contributed by atoms with Gasteiger partial charge >= 0.3 is 0 Å². The Morgan fingerprint density at radius 3 is 2.65 bits per heavy atom. The number of hydrogen-bond acceptors (Lipinski definition) is 2. The molecule has 1 aliphatic heterocycles. The van der Waals surface area contributed by atoms with Crippen molar-refractivity contribution in [2.24, 2.45) is 0 Å². The molecule has 0 bridgehead atoms. The fraction of sp³-hybridized carbons (Fsp3) is 0.533. The molecule has 0 saturated carbocycles. The minimum Gasteiger partial charge on any atom is -0.349 e. The molecule has 0 unspecified atom stereocenters. The lowest BCUT2D eigenvalue weighted by atomic mass is 10.2. The molecular formula is C15H22FN2OS+. The SMILES string of the molecule is CC[C@@H]1S[C@@H](c2ccc(F)cc2)N(CCC[NH2+]C)C1=O. The van der Waals surface area contributed by atoms with Crippen molar-refractivity contribution < 1.29 is 14.5 Å². The fourth-order valence-electron chi connectivity index (χ4n) is 2.44. The maximum atomic E-state index is 13.0. The number of carbonyl (C=O) groups excluding carboxylic acids is 1. The van der Waals surface area contributed by atoms with E-state index < -0.39 is 0 Å². The van der Waals surface area contributed by atoms with Gasteiger partial charge in [-0.05, 0) is 24.1 Å². The molecule has 20 heavy (non-hydrogen) atoms. The van der Waals surface area contributed by atoms with Crippen LogP contribution in [0.2, 0.25) is 0 Å². The summed E-state index contributed by atoms with van der Waals surface area (Å²) >= 11 is 1.69. The highest BCUT2D eigenvalue weighted by Gasteiger charge is 2.39. The Bertz CT molecular complexity index is 452. The van der Waals surface area contributed by atoms with E-state index in [-0.39, 0.29) is 22.3 Å². The van der Waals surface area contributed by atoms with Gasteiger partial charge in [0.25, 0.3) is 0 Å². The van der Waals surface area contributed by atoms with Gasteiger partial charge in [-0.1, -0.05) is 19.1 Å². The van der Waals surface area contributed by atoms with Gasteiger partial charge in [0, 0.05) is 13.0 Å². The van der Waals surface area contributed by atoms with Crippen molar-refractivity contribution in [1.29, 1.82) is 0 Å². The highest BCUT2D eigenvalue weighted by Crippen LogP contribution is 2.44. The number of halogens is 1. The summed E-state index contributed by atoms with van der Waals surface area (Å²) in [5.74, 6) is -0.00910. The topological polar surface area (TPSA) is 36.9 Å². The molecule has 1 saturated heterocycles. The summed E-state index contributed by atoms with van der Waals surface area (Å²) in [7, 11) is 2.03. The van der Waals surface area contributed by atoms with E-state index in [4.69, 9.17) is 0 Å². The molecule has 0 spiro atoms. The Kier molecular flexibility index (Phi) is 5.43. The maximum Gasteiger partial charge on any atom is 0.236 e. The van der Waals surface area contributed by atoms with Crippen LogP contribution < -0.4 is 5.32 Å². The zero-order valence-corrected chi connectivity index (χ0v) is 12.8. The van der Waals surface area contributed by atoms with Crippen LogP contribution in [0.25, 0.3) is 0 Å². The second-order valence-electron chi connectivity index (χ2n) is 5.02. The van der Waals surface area contributed by atoms with Crippen LogP contribution in [0.4, 0.5) is 4.39 Å². The molecule has 2 N–H and O–H groups in total. The average molecular weight is 297 g/mol. The number of hydrogen-bond donors (Lipinski definition) is 1. The molecule has 0 aromatic heterocycles. The van der Waals surface area contributed by atoms with Gasteiger partial charge in [0.05, 0.1) is 18.8 Å². The third-order valence-corrected chi connectivity index (χ3v) is 5.20. The first-order chi connectivity index (χ1) is 9.67. The van der Waals surface area contributed by atoms with Crippen molar-refractivity contribution in [1.82, 2.24) is 4.90 Å². The number of benzene rings is 1. The molecule has 1 aliphatic rings. The highest BCUT2D eigenvalue weighted by atomic mass is 32.2. The monoisotopic (exact) mass is 297 g/mol. The summed E-state index contributed by atoms with van der Waals surface area (Å²) in [6.07, 6.45) is 1.83. The van der Waals surface area contributed by atoms with Crippen LogP contribution in [-0.2, 0) is 4.79 Å². The van der Waals surface area contributed by atoms with Crippen LogP contribution >= 0.6 is 11.8 Å². The smallest absolute Gasteiger partial charge is 0.236 e. The van der Waals surface area contributed by atoms with Gasteiger partial charge in [-0.15, -0.1) is 11.8 Å².